The molecule has 2 aromatic rings. The zero-order chi connectivity index (χ0) is 22.4. The highest BCUT2D eigenvalue weighted by molar-refractivity contribution is 5.74. The lowest BCUT2D eigenvalue weighted by Crippen LogP contribution is -2.52. The largest absolute Gasteiger partial charge is 0.443 e. The molecule has 0 unspecified atom stereocenters. The number of halogens is 1. The normalized spacial score (nSPS) is 14.8. The Morgan fingerprint density at radius 1 is 0.871 bits per heavy atom. The Morgan fingerprint density at radius 3 is 2.03 bits per heavy atom. The quantitative estimate of drug-likeness (QED) is 0.722. The first kappa shape index (κ1) is 22.4. The third-order valence-corrected chi connectivity index (χ3v) is 4.67. The van der Waals surface area contributed by atoms with E-state index in [-0.39, 0.29) is 25.5 Å². The molecule has 0 aromatic heterocycles. The van der Waals surface area contributed by atoms with Gasteiger partial charge in [-0.2, -0.15) is 0 Å². The monoisotopic (exact) mass is 429 g/mol. The molecule has 166 valence electrons. The third kappa shape index (κ3) is 6.34. The minimum absolute atomic E-state index is 0.0972. The van der Waals surface area contributed by atoms with E-state index in [1.807, 2.05) is 35.2 Å². The highest BCUT2D eigenvalue weighted by atomic mass is 19.1. The molecule has 1 aliphatic heterocycles. The molecule has 7 nitrogen and oxygen atoms in total. The number of anilines is 1. The van der Waals surface area contributed by atoms with Crippen LogP contribution in [0.4, 0.5) is 19.7 Å². The van der Waals surface area contributed by atoms with E-state index < -0.39 is 17.8 Å². The van der Waals surface area contributed by atoms with E-state index in [9.17, 15) is 14.0 Å². The lowest BCUT2D eigenvalue weighted by atomic mass is 10.2. The number of hydrogen-bond donors (Lipinski definition) is 0. The predicted molar refractivity (Wildman–Crippen MR) is 115 cm³/mol. The lowest BCUT2D eigenvalue weighted by molar-refractivity contribution is -0.0421. The van der Waals surface area contributed by atoms with Crippen LogP contribution in [-0.2, 0) is 16.1 Å². The average molecular weight is 429 g/mol. The Balaban J connectivity index is 1.75. The van der Waals surface area contributed by atoms with Gasteiger partial charge in [-0.15, -0.1) is 0 Å². The summed E-state index contributed by atoms with van der Waals surface area (Å²) in [4.78, 5) is 27.7. The molecule has 1 saturated heterocycles. The molecule has 1 heterocycles. The highest BCUT2D eigenvalue weighted by Crippen LogP contribution is 2.20. The summed E-state index contributed by atoms with van der Waals surface area (Å²) in [7, 11) is 0. The summed E-state index contributed by atoms with van der Waals surface area (Å²) in [5, 5.41) is 2.56. The van der Waals surface area contributed by atoms with Crippen LogP contribution in [0.15, 0.2) is 54.6 Å². The second kappa shape index (κ2) is 9.68. The molecule has 3 rings (SSSR count). The summed E-state index contributed by atoms with van der Waals surface area (Å²) >= 11 is 0. The third-order valence-electron chi connectivity index (χ3n) is 4.67. The molecule has 31 heavy (non-hydrogen) atoms. The van der Waals surface area contributed by atoms with E-state index in [2.05, 4.69) is 0 Å². The van der Waals surface area contributed by atoms with E-state index in [0.29, 0.717) is 13.1 Å². The fourth-order valence-corrected chi connectivity index (χ4v) is 3.18. The van der Waals surface area contributed by atoms with Gasteiger partial charge in [-0.05, 0) is 50.6 Å². The van der Waals surface area contributed by atoms with Gasteiger partial charge in [0.25, 0.3) is 0 Å². The minimum atomic E-state index is -0.709. The van der Waals surface area contributed by atoms with Crippen LogP contribution in [-0.4, -0.2) is 54.0 Å². The predicted octanol–water partition coefficient (Wildman–Crippen LogP) is 4.44. The Hall–Kier alpha value is -3.29. The number of benzene rings is 2. The number of ether oxygens (including phenoxy) is 2. The van der Waals surface area contributed by atoms with E-state index in [1.54, 1.807) is 32.9 Å². The van der Waals surface area contributed by atoms with Crippen molar-refractivity contribution in [2.45, 2.75) is 33.0 Å². The fraction of sp³-hybridized carbons (Fsp3) is 0.391. The van der Waals surface area contributed by atoms with Crippen LogP contribution in [0.3, 0.4) is 0 Å². The molecule has 1 aliphatic rings. The number of nitrogens with zero attached hydrogens (tertiary/aromatic N) is 3. The molecule has 8 heteroatoms. The smallest absolute Gasteiger partial charge is 0.429 e. The first-order valence-corrected chi connectivity index (χ1v) is 10.2. The van der Waals surface area contributed by atoms with Gasteiger partial charge in [-0.1, -0.05) is 30.3 Å². The SMILES string of the molecule is CC(C)(C)OC(=O)N1CCN(c2ccc(F)cc2)CCN1C(=O)OCc1ccccc1. The molecule has 0 aliphatic carbocycles. The molecular weight excluding hydrogens is 401 g/mol. The standard InChI is InChI=1S/C23H28FN3O4/c1-23(2,3)31-22(29)27-16-14-25(20-11-9-19(24)10-12-20)13-15-26(27)21(28)30-17-18-7-5-4-6-8-18/h4-12H,13-17H2,1-3H3. The summed E-state index contributed by atoms with van der Waals surface area (Å²) in [6.07, 6.45) is -1.25. The summed E-state index contributed by atoms with van der Waals surface area (Å²) in [5.41, 5.74) is 0.951. The van der Waals surface area contributed by atoms with Gasteiger partial charge < -0.3 is 14.4 Å². The van der Waals surface area contributed by atoms with Crippen molar-refractivity contribution in [3.05, 3.63) is 66.0 Å². The van der Waals surface area contributed by atoms with Gasteiger partial charge in [-0.25, -0.2) is 24.0 Å². The second-order valence-electron chi connectivity index (χ2n) is 8.23. The van der Waals surface area contributed by atoms with Crippen molar-refractivity contribution >= 4 is 17.9 Å². The van der Waals surface area contributed by atoms with Crippen molar-refractivity contribution in [3.63, 3.8) is 0 Å². The summed E-state index contributed by atoms with van der Waals surface area (Å²) < 4.78 is 24.3. The number of hydrogen-bond acceptors (Lipinski definition) is 5. The van der Waals surface area contributed by atoms with Crippen LogP contribution in [0.2, 0.25) is 0 Å². The van der Waals surface area contributed by atoms with Crippen LogP contribution >= 0.6 is 0 Å². The fourth-order valence-electron chi connectivity index (χ4n) is 3.18. The Morgan fingerprint density at radius 2 is 1.45 bits per heavy atom. The highest BCUT2D eigenvalue weighted by Gasteiger charge is 2.33. The zero-order valence-electron chi connectivity index (χ0n) is 18.1. The van der Waals surface area contributed by atoms with Crippen molar-refractivity contribution in [1.29, 1.82) is 0 Å². The first-order valence-electron chi connectivity index (χ1n) is 10.2. The maximum atomic E-state index is 13.3. The van der Waals surface area contributed by atoms with Gasteiger partial charge in [0, 0.05) is 18.8 Å². The minimum Gasteiger partial charge on any atom is -0.443 e. The maximum absolute atomic E-state index is 13.3. The summed E-state index contributed by atoms with van der Waals surface area (Å²) in [6.45, 7) is 6.73. The van der Waals surface area contributed by atoms with Gasteiger partial charge in [0.05, 0.1) is 13.1 Å². The molecule has 0 saturated carbocycles. The molecule has 2 amide bonds. The van der Waals surface area contributed by atoms with Crippen LogP contribution in [0, 0.1) is 5.82 Å². The summed E-state index contributed by atoms with van der Waals surface area (Å²) in [6, 6.07) is 15.5. The second-order valence-corrected chi connectivity index (χ2v) is 8.23. The van der Waals surface area contributed by atoms with E-state index >= 15 is 0 Å². The molecule has 0 bridgehead atoms. The van der Waals surface area contributed by atoms with Gasteiger partial charge >= 0.3 is 12.2 Å². The van der Waals surface area contributed by atoms with E-state index in [1.165, 1.54) is 22.2 Å². The van der Waals surface area contributed by atoms with Crippen molar-refractivity contribution in [2.75, 3.05) is 31.1 Å². The van der Waals surface area contributed by atoms with Crippen molar-refractivity contribution in [1.82, 2.24) is 10.0 Å². The van der Waals surface area contributed by atoms with Crippen LogP contribution in [0.25, 0.3) is 0 Å². The Kier molecular flexibility index (Phi) is 6.99. The van der Waals surface area contributed by atoms with Crippen LogP contribution in [0.1, 0.15) is 26.3 Å². The Bertz CT molecular complexity index is 884. The topological polar surface area (TPSA) is 62.3 Å². The van der Waals surface area contributed by atoms with Crippen molar-refractivity contribution < 1.29 is 23.5 Å². The molecular formula is C23H28FN3O4. The van der Waals surface area contributed by atoms with Crippen molar-refractivity contribution in [3.8, 4) is 0 Å². The van der Waals surface area contributed by atoms with E-state index in [0.717, 1.165) is 11.3 Å². The van der Waals surface area contributed by atoms with E-state index in [4.69, 9.17) is 9.47 Å². The van der Waals surface area contributed by atoms with Crippen LogP contribution in [0.5, 0.6) is 0 Å². The molecule has 0 spiro atoms. The van der Waals surface area contributed by atoms with Gasteiger partial charge in [0.2, 0.25) is 0 Å². The first-order chi connectivity index (χ1) is 14.7. The average Bonchev–Trinajstić information content (AvgIpc) is 2.95. The van der Waals surface area contributed by atoms with Crippen molar-refractivity contribution in [2.24, 2.45) is 0 Å². The Labute approximate surface area is 181 Å². The molecule has 1 fully saturated rings. The number of carbonyl (C=O) groups is 2. The molecule has 0 radical (unpaired) electrons. The molecule has 0 N–H and O–H groups in total. The van der Waals surface area contributed by atoms with Gasteiger partial charge in [0.15, 0.2) is 0 Å². The molecule has 0 atom stereocenters. The van der Waals surface area contributed by atoms with Gasteiger partial charge in [-0.3, -0.25) is 0 Å². The lowest BCUT2D eigenvalue weighted by Gasteiger charge is -2.33. The zero-order valence-corrected chi connectivity index (χ0v) is 18.1. The summed E-state index contributed by atoms with van der Waals surface area (Å²) in [5.74, 6) is -0.319. The number of hydrazine groups is 1. The molecule has 2 aromatic carbocycles. The van der Waals surface area contributed by atoms with Gasteiger partial charge in [0.1, 0.15) is 18.0 Å². The maximum Gasteiger partial charge on any atom is 0.429 e. The number of rotatable bonds is 3. The number of amides is 2. The number of carbonyl (C=O) groups excluding carboxylic acids is 2. The van der Waals surface area contributed by atoms with Crippen LogP contribution < -0.4 is 4.90 Å².